The summed E-state index contributed by atoms with van der Waals surface area (Å²) < 4.78 is 24.1. The number of guanidine groups is 1. The van der Waals surface area contributed by atoms with E-state index in [4.69, 9.17) is 9.47 Å². The molecule has 0 aliphatic heterocycles. The quantitative estimate of drug-likeness (QED) is 0.186. The first-order valence-corrected chi connectivity index (χ1v) is 9.16. The zero-order chi connectivity index (χ0) is 19.8. The molecule has 3 rings (SSSR count). The molecule has 0 saturated carbocycles. The summed E-state index contributed by atoms with van der Waals surface area (Å²) in [6, 6.07) is 12.3. The van der Waals surface area contributed by atoms with Crippen molar-refractivity contribution in [2.24, 2.45) is 4.99 Å². The number of methoxy groups -OCH3 is 1. The van der Waals surface area contributed by atoms with E-state index in [1.807, 2.05) is 30.5 Å². The average Bonchev–Trinajstić information content (AvgIpc) is 3.12. The van der Waals surface area contributed by atoms with Gasteiger partial charge in [-0.2, -0.15) is 0 Å². The van der Waals surface area contributed by atoms with E-state index in [1.165, 1.54) is 12.1 Å². The Balaban J connectivity index is 0.00000300. The first-order chi connectivity index (χ1) is 13.7. The Labute approximate surface area is 186 Å². The summed E-state index contributed by atoms with van der Waals surface area (Å²) in [5.74, 6) is 2.07. The molecule has 0 spiro atoms. The fraction of sp³-hybridized carbons (Fsp3) is 0.286. The summed E-state index contributed by atoms with van der Waals surface area (Å²) in [5.41, 5.74) is 1.95. The van der Waals surface area contributed by atoms with Crippen molar-refractivity contribution >= 4 is 40.8 Å². The highest BCUT2D eigenvalue weighted by Crippen LogP contribution is 2.19. The van der Waals surface area contributed by atoms with E-state index in [0.717, 1.165) is 34.4 Å². The molecule has 0 bridgehead atoms. The Bertz CT molecular complexity index is 928. The average molecular weight is 512 g/mol. The molecule has 29 heavy (non-hydrogen) atoms. The molecule has 0 aliphatic rings. The van der Waals surface area contributed by atoms with Gasteiger partial charge in [-0.25, -0.2) is 4.39 Å². The predicted octanol–water partition coefficient (Wildman–Crippen LogP) is 3.72. The number of ether oxygens (including phenoxy) is 2. The fourth-order valence-corrected chi connectivity index (χ4v) is 2.91. The SMILES string of the molecule is CN=C(NCCOc1ccc(OC)cc1)NCCc1c[nH]c2cc(F)ccc12.I. The van der Waals surface area contributed by atoms with E-state index < -0.39 is 0 Å². The lowest BCUT2D eigenvalue weighted by Gasteiger charge is -2.12. The minimum Gasteiger partial charge on any atom is -0.497 e. The molecule has 1 heterocycles. The smallest absolute Gasteiger partial charge is 0.191 e. The zero-order valence-electron chi connectivity index (χ0n) is 16.5. The van der Waals surface area contributed by atoms with Crippen molar-refractivity contribution in [1.82, 2.24) is 15.6 Å². The van der Waals surface area contributed by atoms with Crippen LogP contribution in [0.3, 0.4) is 0 Å². The topological polar surface area (TPSA) is 70.7 Å². The molecule has 1 aromatic heterocycles. The Hall–Kier alpha value is -2.49. The van der Waals surface area contributed by atoms with Gasteiger partial charge in [0.15, 0.2) is 5.96 Å². The molecule has 3 aromatic rings. The zero-order valence-corrected chi connectivity index (χ0v) is 18.8. The Kier molecular flexibility index (Phi) is 9.04. The van der Waals surface area contributed by atoms with E-state index in [2.05, 4.69) is 20.6 Å². The van der Waals surface area contributed by atoms with Gasteiger partial charge in [-0.15, -0.1) is 24.0 Å². The molecule has 6 nitrogen and oxygen atoms in total. The van der Waals surface area contributed by atoms with Crippen molar-refractivity contribution in [3.8, 4) is 11.5 Å². The first-order valence-electron chi connectivity index (χ1n) is 9.16. The number of fused-ring (bicyclic) bond motifs is 1. The molecule has 8 heteroatoms. The highest BCUT2D eigenvalue weighted by molar-refractivity contribution is 14.0. The molecular formula is C21H26FIN4O2. The number of aliphatic imine (C=N–C) groups is 1. The molecule has 0 unspecified atom stereocenters. The molecule has 0 amide bonds. The van der Waals surface area contributed by atoms with Crippen LogP contribution in [-0.2, 0) is 6.42 Å². The molecule has 0 atom stereocenters. The monoisotopic (exact) mass is 512 g/mol. The van der Waals surface area contributed by atoms with Crippen LogP contribution in [0.1, 0.15) is 5.56 Å². The van der Waals surface area contributed by atoms with E-state index >= 15 is 0 Å². The molecule has 0 aliphatic carbocycles. The van der Waals surface area contributed by atoms with Crippen molar-refractivity contribution < 1.29 is 13.9 Å². The number of aromatic amines is 1. The molecule has 0 saturated heterocycles. The first kappa shape index (κ1) is 22.8. The highest BCUT2D eigenvalue weighted by Gasteiger charge is 2.05. The number of halogens is 2. The van der Waals surface area contributed by atoms with Gasteiger partial charge in [-0.3, -0.25) is 4.99 Å². The van der Waals surface area contributed by atoms with E-state index in [-0.39, 0.29) is 29.8 Å². The third-order valence-electron chi connectivity index (χ3n) is 4.36. The van der Waals surface area contributed by atoms with Crippen LogP contribution < -0.4 is 20.1 Å². The normalized spacial score (nSPS) is 11.1. The van der Waals surface area contributed by atoms with Crippen LogP contribution in [0.4, 0.5) is 4.39 Å². The molecule has 2 aromatic carbocycles. The lowest BCUT2D eigenvalue weighted by molar-refractivity contribution is 0.321. The predicted molar refractivity (Wildman–Crippen MR) is 125 cm³/mol. The minimum atomic E-state index is -0.236. The van der Waals surface area contributed by atoms with Crippen molar-refractivity contribution in [3.63, 3.8) is 0 Å². The van der Waals surface area contributed by atoms with Crippen molar-refractivity contribution in [3.05, 3.63) is 60.0 Å². The number of aromatic nitrogens is 1. The minimum absolute atomic E-state index is 0. The van der Waals surface area contributed by atoms with Gasteiger partial charge in [0.1, 0.15) is 23.9 Å². The number of nitrogens with zero attached hydrogens (tertiary/aromatic N) is 1. The van der Waals surface area contributed by atoms with Gasteiger partial charge in [0.2, 0.25) is 0 Å². The highest BCUT2D eigenvalue weighted by atomic mass is 127. The van der Waals surface area contributed by atoms with Crippen LogP contribution in [0, 0.1) is 5.82 Å². The van der Waals surface area contributed by atoms with Crippen molar-refractivity contribution in [2.75, 3.05) is 33.9 Å². The fourth-order valence-electron chi connectivity index (χ4n) is 2.91. The summed E-state index contributed by atoms with van der Waals surface area (Å²) in [6.07, 6.45) is 2.72. The molecule has 0 radical (unpaired) electrons. The lowest BCUT2D eigenvalue weighted by atomic mass is 10.1. The van der Waals surface area contributed by atoms with Crippen LogP contribution in [0.5, 0.6) is 11.5 Å². The van der Waals surface area contributed by atoms with Gasteiger partial charge in [-0.05, 0) is 54.4 Å². The van der Waals surface area contributed by atoms with Crippen LogP contribution in [0.2, 0.25) is 0 Å². The standard InChI is InChI=1S/C21H25FN4O2.HI/c1-23-21(25-11-12-28-18-6-4-17(27-2)5-7-18)24-10-9-15-14-26-20-13-16(22)3-8-19(15)20;/h3-8,13-14,26H,9-12H2,1-2H3,(H2,23,24,25);1H. The summed E-state index contributed by atoms with van der Waals surface area (Å²) in [5, 5.41) is 7.54. The Morgan fingerprint density at radius 3 is 2.52 bits per heavy atom. The lowest BCUT2D eigenvalue weighted by Crippen LogP contribution is -2.40. The third-order valence-corrected chi connectivity index (χ3v) is 4.36. The van der Waals surface area contributed by atoms with Gasteiger partial charge in [0.05, 0.1) is 13.7 Å². The summed E-state index contributed by atoms with van der Waals surface area (Å²) >= 11 is 0. The van der Waals surface area contributed by atoms with E-state index in [9.17, 15) is 4.39 Å². The summed E-state index contributed by atoms with van der Waals surface area (Å²) in [7, 11) is 3.37. The van der Waals surface area contributed by atoms with Crippen LogP contribution in [-0.4, -0.2) is 44.8 Å². The van der Waals surface area contributed by atoms with Gasteiger partial charge in [-0.1, -0.05) is 0 Å². The second-order valence-corrected chi connectivity index (χ2v) is 6.20. The number of rotatable bonds is 8. The maximum absolute atomic E-state index is 13.3. The number of hydrogen-bond acceptors (Lipinski definition) is 3. The number of nitrogens with one attached hydrogen (secondary N) is 3. The summed E-state index contributed by atoms with van der Waals surface area (Å²) in [6.45, 7) is 1.85. The Morgan fingerprint density at radius 1 is 1.07 bits per heavy atom. The number of H-pyrrole nitrogens is 1. The maximum atomic E-state index is 13.3. The number of hydrogen-bond donors (Lipinski definition) is 3. The summed E-state index contributed by atoms with van der Waals surface area (Å²) in [4.78, 5) is 7.32. The third kappa shape index (κ3) is 6.52. The molecular weight excluding hydrogens is 486 g/mol. The second kappa shape index (κ2) is 11.5. The second-order valence-electron chi connectivity index (χ2n) is 6.20. The van der Waals surface area contributed by atoms with E-state index in [1.54, 1.807) is 20.2 Å². The van der Waals surface area contributed by atoms with Gasteiger partial charge in [0, 0.05) is 30.7 Å². The Morgan fingerprint density at radius 2 is 1.79 bits per heavy atom. The molecule has 156 valence electrons. The largest absolute Gasteiger partial charge is 0.497 e. The van der Waals surface area contributed by atoms with Crippen LogP contribution >= 0.6 is 24.0 Å². The van der Waals surface area contributed by atoms with Gasteiger partial charge < -0.3 is 25.1 Å². The van der Waals surface area contributed by atoms with Gasteiger partial charge >= 0.3 is 0 Å². The van der Waals surface area contributed by atoms with Crippen molar-refractivity contribution in [2.45, 2.75) is 6.42 Å². The number of benzene rings is 2. The maximum Gasteiger partial charge on any atom is 0.191 e. The van der Waals surface area contributed by atoms with E-state index in [0.29, 0.717) is 25.7 Å². The van der Waals surface area contributed by atoms with Gasteiger partial charge in [0.25, 0.3) is 0 Å². The molecule has 3 N–H and O–H groups in total. The van der Waals surface area contributed by atoms with Crippen LogP contribution in [0.25, 0.3) is 10.9 Å². The molecule has 0 fully saturated rings. The van der Waals surface area contributed by atoms with Crippen LogP contribution in [0.15, 0.2) is 53.7 Å². The van der Waals surface area contributed by atoms with Crippen molar-refractivity contribution in [1.29, 1.82) is 0 Å².